The van der Waals surface area contributed by atoms with Gasteiger partial charge in [-0.05, 0) is 12.8 Å². The van der Waals surface area contributed by atoms with E-state index in [4.69, 9.17) is 15.4 Å². The molecular weight excluding hydrogens is 217 g/mol. The molecule has 5 nitrogen and oxygen atoms in total. The fourth-order valence-corrected chi connectivity index (χ4v) is 2.36. The zero-order chi connectivity index (χ0) is 11.9. The molecule has 0 fully saturated rings. The summed E-state index contributed by atoms with van der Waals surface area (Å²) in [6.07, 6.45) is 2.26. The second-order valence-electron chi connectivity index (χ2n) is 3.66. The van der Waals surface area contributed by atoms with Crippen LogP contribution in [0.3, 0.4) is 0 Å². The molecule has 0 spiro atoms. The van der Waals surface area contributed by atoms with Crippen molar-refractivity contribution in [3.8, 4) is 0 Å². The van der Waals surface area contributed by atoms with E-state index in [1.807, 2.05) is 6.92 Å². The Kier molecular flexibility index (Phi) is 6.81. The van der Waals surface area contributed by atoms with E-state index >= 15 is 0 Å². The molecule has 15 heavy (non-hydrogen) atoms. The van der Waals surface area contributed by atoms with Crippen molar-refractivity contribution in [3.05, 3.63) is 0 Å². The largest absolute Gasteiger partial charge is 0.480 e. The maximum absolute atomic E-state index is 11.7. The summed E-state index contributed by atoms with van der Waals surface area (Å²) < 4.78 is 17.0. The molecule has 0 aromatic rings. The van der Waals surface area contributed by atoms with Crippen molar-refractivity contribution < 1.29 is 19.0 Å². The molecule has 0 saturated carbocycles. The third kappa shape index (κ3) is 7.54. The molecule has 0 amide bonds. The highest BCUT2D eigenvalue weighted by Gasteiger charge is 2.20. The number of carboxylic acids is 1. The van der Waals surface area contributed by atoms with Gasteiger partial charge in [-0.1, -0.05) is 13.3 Å². The summed E-state index contributed by atoms with van der Waals surface area (Å²) in [5.41, 5.74) is 5.30. The van der Waals surface area contributed by atoms with Crippen molar-refractivity contribution in [3.63, 3.8) is 0 Å². The van der Waals surface area contributed by atoms with Gasteiger partial charge in [0, 0.05) is 12.8 Å². The summed E-state index contributed by atoms with van der Waals surface area (Å²) in [5.74, 6) is -1.07. The number of carbonyl (C=O) groups is 1. The minimum absolute atomic E-state index is 0.190. The number of hydrogen-bond acceptors (Lipinski definition) is 4. The van der Waals surface area contributed by atoms with E-state index in [1.165, 1.54) is 6.66 Å². The van der Waals surface area contributed by atoms with Crippen LogP contribution in [0.25, 0.3) is 0 Å². The average molecular weight is 237 g/mol. The highest BCUT2D eigenvalue weighted by Crippen LogP contribution is 2.43. The zero-order valence-corrected chi connectivity index (χ0v) is 10.2. The molecule has 0 rings (SSSR count). The average Bonchev–Trinajstić information content (AvgIpc) is 2.14. The lowest BCUT2D eigenvalue weighted by atomic mass is 10.2. The first-order chi connectivity index (χ1) is 6.89. The van der Waals surface area contributed by atoms with Crippen molar-refractivity contribution in [2.24, 2.45) is 5.73 Å². The van der Waals surface area contributed by atoms with E-state index in [9.17, 15) is 9.36 Å². The standard InChI is InChI=1S/C9H20NO4P/c1-3-4-6-14-15(2,13)7-5-8(10)9(11)12/h8H,3-7,10H2,1-2H3,(H,11,12)/t8-,15?/m0/s1. The first-order valence-electron chi connectivity index (χ1n) is 5.08. The molecule has 0 aromatic heterocycles. The predicted molar refractivity (Wildman–Crippen MR) is 59.5 cm³/mol. The first kappa shape index (κ1) is 14.6. The van der Waals surface area contributed by atoms with Crippen molar-refractivity contribution in [2.75, 3.05) is 19.4 Å². The second kappa shape index (κ2) is 6.99. The van der Waals surface area contributed by atoms with E-state index in [-0.39, 0.29) is 12.6 Å². The van der Waals surface area contributed by atoms with Crippen LogP contribution in [0.1, 0.15) is 26.2 Å². The van der Waals surface area contributed by atoms with Gasteiger partial charge in [0.15, 0.2) is 7.37 Å². The SMILES string of the molecule is CCCCOP(C)(=O)CC[C@H](N)C(=O)O. The van der Waals surface area contributed by atoms with E-state index in [0.29, 0.717) is 6.61 Å². The van der Waals surface area contributed by atoms with Gasteiger partial charge in [0.05, 0.1) is 6.61 Å². The summed E-state index contributed by atoms with van der Waals surface area (Å²) in [6.45, 7) is 4.01. The van der Waals surface area contributed by atoms with Gasteiger partial charge in [-0.15, -0.1) is 0 Å². The Morgan fingerprint density at radius 1 is 1.60 bits per heavy atom. The first-order valence-corrected chi connectivity index (χ1v) is 7.34. The Labute approximate surface area is 90.4 Å². The van der Waals surface area contributed by atoms with Crippen LogP contribution in [0.4, 0.5) is 0 Å². The Morgan fingerprint density at radius 2 is 2.20 bits per heavy atom. The third-order valence-electron chi connectivity index (χ3n) is 2.03. The van der Waals surface area contributed by atoms with Gasteiger partial charge in [-0.2, -0.15) is 0 Å². The Bertz CT molecular complexity index is 244. The van der Waals surface area contributed by atoms with E-state index in [2.05, 4.69) is 0 Å². The second-order valence-corrected chi connectivity index (χ2v) is 6.39. The van der Waals surface area contributed by atoms with Crippen LogP contribution < -0.4 is 5.73 Å². The smallest absolute Gasteiger partial charge is 0.320 e. The lowest BCUT2D eigenvalue weighted by Gasteiger charge is -2.14. The Balaban J connectivity index is 3.83. The molecule has 0 aliphatic carbocycles. The molecule has 1 unspecified atom stereocenters. The van der Waals surface area contributed by atoms with E-state index in [1.54, 1.807) is 0 Å². The van der Waals surface area contributed by atoms with Crippen molar-refractivity contribution in [1.29, 1.82) is 0 Å². The summed E-state index contributed by atoms with van der Waals surface area (Å²) in [6, 6.07) is -0.951. The fraction of sp³-hybridized carbons (Fsp3) is 0.889. The lowest BCUT2D eigenvalue weighted by molar-refractivity contribution is -0.138. The summed E-state index contributed by atoms with van der Waals surface area (Å²) in [5, 5.41) is 8.54. The number of rotatable bonds is 8. The highest BCUT2D eigenvalue weighted by atomic mass is 31.2. The topological polar surface area (TPSA) is 89.6 Å². The van der Waals surface area contributed by atoms with Gasteiger partial charge in [0.1, 0.15) is 6.04 Å². The molecule has 0 bridgehead atoms. The number of hydrogen-bond donors (Lipinski definition) is 2. The lowest BCUT2D eigenvalue weighted by Crippen LogP contribution is -2.30. The number of unbranched alkanes of at least 4 members (excludes halogenated alkanes) is 1. The van der Waals surface area contributed by atoms with Crippen molar-refractivity contribution in [1.82, 2.24) is 0 Å². The van der Waals surface area contributed by atoms with Crippen LogP contribution in [0, 0.1) is 0 Å². The molecule has 3 N–H and O–H groups in total. The predicted octanol–water partition coefficient (Wildman–Crippen LogP) is 1.51. The summed E-state index contributed by atoms with van der Waals surface area (Å²) in [4.78, 5) is 10.4. The number of aliphatic carboxylic acids is 1. The molecule has 2 atom stereocenters. The van der Waals surface area contributed by atoms with Gasteiger partial charge < -0.3 is 15.4 Å². The summed E-state index contributed by atoms with van der Waals surface area (Å²) in [7, 11) is -2.66. The van der Waals surface area contributed by atoms with Crippen LogP contribution in [0.2, 0.25) is 0 Å². The maximum atomic E-state index is 11.7. The zero-order valence-electron chi connectivity index (χ0n) is 9.31. The molecule has 0 saturated heterocycles. The maximum Gasteiger partial charge on any atom is 0.320 e. The number of carboxylic acid groups (broad SMARTS) is 1. The number of nitrogens with two attached hydrogens (primary N) is 1. The van der Waals surface area contributed by atoms with Crippen LogP contribution in [0.5, 0.6) is 0 Å². The van der Waals surface area contributed by atoms with Crippen LogP contribution >= 0.6 is 7.37 Å². The molecule has 90 valence electrons. The van der Waals surface area contributed by atoms with Gasteiger partial charge in [0.2, 0.25) is 0 Å². The van der Waals surface area contributed by atoms with E-state index in [0.717, 1.165) is 12.8 Å². The molecule has 6 heteroatoms. The normalized spacial score (nSPS) is 17.0. The van der Waals surface area contributed by atoms with Crippen molar-refractivity contribution >= 4 is 13.3 Å². The van der Waals surface area contributed by atoms with E-state index < -0.39 is 19.4 Å². The van der Waals surface area contributed by atoms with Crippen molar-refractivity contribution in [2.45, 2.75) is 32.2 Å². The van der Waals surface area contributed by atoms with Crippen LogP contribution in [-0.4, -0.2) is 36.6 Å². The molecule has 0 heterocycles. The monoisotopic (exact) mass is 237 g/mol. The highest BCUT2D eigenvalue weighted by molar-refractivity contribution is 7.58. The molecular formula is C9H20NO4P. The van der Waals surface area contributed by atoms with Crippen LogP contribution in [-0.2, 0) is 13.9 Å². The fourth-order valence-electron chi connectivity index (χ4n) is 0.964. The molecule has 0 radical (unpaired) electrons. The van der Waals surface area contributed by atoms with Gasteiger partial charge in [-0.3, -0.25) is 9.36 Å². The quantitative estimate of drug-likeness (QED) is 0.493. The van der Waals surface area contributed by atoms with Gasteiger partial charge >= 0.3 is 5.97 Å². The molecule has 0 aromatic carbocycles. The summed E-state index contributed by atoms with van der Waals surface area (Å²) >= 11 is 0. The minimum Gasteiger partial charge on any atom is -0.480 e. The minimum atomic E-state index is -2.66. The van der Waals surface area contributed by atoms with Crippen LogP contribution in [0.15, 0.2) is 0 Å². The molecule has 0 aliphatic rings. The Hall–Kier alpha value is -0.380. The third-order valence-corrected chi connectivity index (χ3v) is 3.83. The van der Waals surface area contributed by atoms with Gasteiger partial charge in [-0.25, -0.2) is 0 Å². The van der Waals surface area contributed by atoms with Gasteiger partial charge in [0.25, 0.3) is 0 Å². The molecule has 0 aliphatic heterocycles. The Morgan fingerprint density at radius 3 is 2.67 bits per heavy atom.